The van der Waals surface area contributed by atoms with Gasteiger partial charge >= 0.3 is 5.69 Å². The van der Waals surface area contributed by atoms with Gasteiger partial charge in [0.1, 0.15) is 0 Å². The van der Waals surface area contributed by atoms with E-state index < -0.39 is 0 Å². The van der Waals surface area contributed by atoms with Crippen molar-refractivity contribution in [2.24, 2.45) is 5.41 Å². The lowest BCUT2D eigenvalue weighted by molar-refractivity contribution is 0.166. The van der Waals surface area contributed by atoms with E-state index in [9.17, 15) is 4.79 Å². The van der Waals surface area contributed by atoms with E-state index in [1.807, 2.05) is 0 Å². The summed E-state index contributed by atoms with van der Waals surface area (Å²) in [4.78, 5) is 11.5. The van der Waals surface area contributed by atoms with E-state index in [1.54, 1.807) is 4.57 Å². The van der Waals surface area contributed by atoms with E-state index in [4.69, 9.17) is 17.0 Å². The summed E-state index contributed by atoms with van der Waals surface area (Å²) in [5, 5.41) is 5.11. The van der Waals surface area contributed by atoms with Crippen LogP contribution in [0.5, 0.6) is 0 Å². The van der Waals surface area contributed by atoms with Gasteiger partial charge in [-0.3, -0.25) is 9.67 Å². The maximum absolute atomic E-state index is 11.5. The highest BCUT2D eigenvalue weighted by Gasteiger charge is 2.38. The van der Waals surface area contributed by atoms with E-state index in [2.05, 4.69) is 24.0 Å². The van der Waals surface area contributed by atoms with Gasteiger partial charge in [-0.25, -0.2) is 9.89 Å². The summed E-state index contributed by atoms with van der Waals surface area (Å²) in [6.07, 6.45) is 0. The molecule has 0 bridgehead atoms. The van der Waals surface area contributed by atoms with Gasteiger partial charge in [0.05, 0.1) is 19.3 Å². The van der Waals surface area contributed by atoms with Crippen LogP contribution in [-0.2, 0) is 4.74 Å². The second kappa shape index (κ2) is 3.06. The number of hydrogen-bond donors (Lipinski definition) is 2. The molecule has 1 aliphatic heterocycles. The van der Waals surface area contributed by atoms with Crippen LogP contribution in [0.25, 0.3) is 0 Å². The molecule has 2 rings (SSSR count). The van der Waals surface area contributed by atoms with E-state index in [-0.39, 0.29) is 17.1 Å². The molecule has 0 aliphatic carbocycles. The summed E-state index contributed by atoms with van der Waals surface area (Å²) >= 11 is 5.03. The summed E-state index contributed by atoms with van der Waals surface area (Å²) in [5.41, 5.74) is -0.244. The largest absolute Gasteiger partial charge is 0.379 e. The zero-order chi connectivity index (χ0) is 10.3. The minimum atomic E-state index is -0.196. The van der Waals surface area contributed by atoms with Gasteiger partial charge in [0.2, 0.25) is 0 Å². The molecule has 78 valence electrons. The van der Waals surface area contributed by atoms with Crippen molar-refractivity contribution in [3.8, 4) is 0 Å². The summed E-state index contributed by atoms with van der Waals surface area (Å²) < 4.78 is 7.36. The third kappa shape index (κ3) is 1.34. The number of rotatable bonds is 1. The first-order valence-electron chi connectivity index (χ1n) is 4.49. The molecule has 14 heavy (non-hydrogen) atoms. The van der Waals surface area contributed by atoms with E-state index in [1.165, 1.54) is 0 Å². The van der Waals surface area contributed by atoms with Gasteiger partial charge in [0, 0.05) is 5.41 Å². The fourth-order valence-electron chi connectivity index (χ4n) is 1.78. The maximum Gasteiger partial charge on any atom is 0.342 e. The Morgan fingerprint density at radius 3 is 2.71 bits per heavy atom. The lowest BCUT2D eigenvalue weighted by Crippen LogP contribution is -2.32. The molecule has 6 heteroatoms. The molecular weight excluding hydrogens is 202 g/mol. The van der Waals surface area contributed by atoms with Crippen LogP contribution in [0.2, 0.25) is 0 Å². The Balaban J connectivity index is 2.50. The molecule has 1 atom stereocenters. The summed E-state index contributed by atoms with van der Waals surface area (Å²) in [6, 6.07) is 0.0185. The highest BCUT2D eigenvalue weighted by atomic mass is 32.1. The molecule has 1 saturated heterocycles. The second-order valence-electron chi connectivity index (χ2n) is 4.25. The number of ether oxygens (including phenoxy) is 1. The van der Waals surface area contributed by atoms with Crippen molar-refractivity contribution in [3.63, 3.8) is 0 Å². The average Bonchev–Trinajstić information content (AvgIpc) is 2.57. The summed E-state index contributed by atoms with van der Waals surface area (Å²) in [6.45, 7) is 5.34. The lowest BCUT2D eigenvalue weighted by Gasteiger charge is -2.24. The first-order chi connectivity index (χ1) is 6.52. The van der Waals surface area contributed by atoms with Crippen LogP contribution < -0.4 is 5.69 Å². The maximum atomic E-state index is 11.5. The zero-order valence-corrected chi connectivity index (χ0v) is 8.98. The van der Waals surface area contributed by atoms with Gasteiger partial charge in [-0.1, -0.05) is 13.8 Å². The van der Waals surface area contributed by atoms with E-state index >= 15 is 0 Å². The molecule has 0 radical (unpaired) electrons. The van der Waals surface area contributed by atoms with Crippen LogP contribution in [0.3, 0.4) is 0 Å². The van der Waals surface area contributed by atoms with Crippen molar-refractivity contribution in [3.05, 3.63) is 15.3 Å². The molecule has 1 fully saturated rings. The van der Waals surface area contributed by atoms with Crippen molar-refractivity contribution in [2.75, 3.05) is 13.2 Å². The van der Waals surface area contributed by atoms with Gasteiger partial charge in [-0.15, -0.1) is 0 Å². The fourth-order valence-corrected chi connectivity index (χ4v) is 2.04. The third-order valence-electron chi connectivity index (χ3n) is 2.68. The van der Waals surface area contributed by atoms with Crippen molar-refractivity contribution in [1.29, 1.82) is 0 Å². The monoisotopic (exact) mass is 215 g/mol. The highest BCUT2D eigenvalue weighted by molar-refractivity contribution is 7.71. The van der Waals surface area contributed by atoms with Gasteiger partial charge in [-0.05, 0) is 12.2 Å². The predicted octanol–water partition coefficient (Wildman–Crippen LogP) is 0.831. The predicted molar refractivity (Wildman–Crippen MR) is 53.9 cm³/mol. The molecule has 1 aliphatic rings. The Morgan fingerprint density at radius 1 is 1.57 bits per heavy atom. The van der Waals surface area contributed by atoms with Crippen LogP contribution in [0.15, 0.2) is 4.79 Å². The third-order valence-corrected chi connectivity index (χ3v) is 2.98. The normalized spacial score (nSPS) is 25.4. The number of aromatic amines is 2. The number of nitrogens with zero attached hydrogens (tertiary/aromatic N) is 1. The second-order valence-corrected chi connectivity index (χ2v) is 4.64. The van der Waals surface area contributed by atoms with Gasteiger partial charge < -0.3 is 4.74 Å². The number of aromatic nitrogens is 3. The van der Waals surface area contributed by atoms with Crippen molar-refractivity contribution >= 4 is 12.2 Å². The molecular formula is C8H13N3O2S. The van der Waals surface area contributed by atoms with E-state index in [0.29, 0.717) is 18.0 Å². The van der Waals surface area contributed by atoms with Crippen molar-refractivity contribution < 1.29 is 4.74 Å². The molecule has 1 unspecified atom stereocenters. The first kappa shape index (κ1) is 9.67. The minimum Gasteiger partial charge on any atom is -0.379 e. The van der Waals surface area contributed by atoms with E-state index in [0.717, 1.165) is 0 Å². The quantitative estimate of drug-likeness (QED) is 0.682. The number of nitrogens with one attached hydrogen (secondary N) is 2. The van der Waals surface area contributed by atoms with Crippen LogP contribution >= 0.6 is 12.2 Å². The summed E-state index contributed by atoms with van der Waals surface area (Å²) in [5.74, 6) is 0. The minimum absolute atomic E-state index is 0.0185. The Bertz CT molecular complexity index is 414. The number of H-pyrrole nitrogens is 2. The number of hydrogen-bond acceptors (Lipinski definition) is 3. The zero-order valence-electron chi connectivity index (χ0n) is 8.16. The Kier molecular flexibility index (Phi) is 2.11. The molecule has 0 amide bonds. The van der Waals surface area contributed by atoms with Crippen LogP contribution in [-0.4, -0.2) is 28.0 Å². The van der Waals surface area contributed by atoms with Gasteiger partial charge in [0.15, 0.2) is 4.77 Å². The molecule has 2 N–H and O–H groups in total. The smallest absolute Gasteiger partial charge is 0.342 e. The Hall–Kier alpha value is -0.880. The molecule has 2 heterocycles. The van der Waals surface area contributed by atoms with Crippen molar-refractivity contribution in [1.82, 2.24) is 14.8 Å². The first-order valence-corrected chi connectivity index (χ1v) is 4.90. The lowest BCUT2D eigenvalue weighted by atomic mass is 9.88. The molecule has 0 spiro atoms. The molecule has 0 aromatic carbocycles. The molecule has 5 nitrogen and oxygen atoms in total. The van der Waals surface area contributed by atoms with Crippen LogP contribution in [0.4, 0.5) is 0 Å². The van der Waals surface area contributed by atoms with Crippen LogP contribution in [0.1, 0.15) is 19.9 Å². The molecule has 1 aromatic heterocycles. The highest BCUT2D eigenvalue weighted by Crippen LogP contribution is 2.36. The van der Waals surface area contributed by atoms with Crippen LogP contribution in [0, 0.1) is 10.2 Å². The van der Waals surface area contributed by atoms with Gasteiger partial charge in [0.25, 0.3) is 0 Å². The SMILES string of the molecule is CC1(C)COCC1n1c(=O)[nH][nH]c1=S. The molecule has 1 aromatic rings. The Morgan fingerprint density at radius 2 is 2.29 bits per heavy atom. The fraction of sp³-hybridized carbons (Fsp3) is 0.750. The van der Waals surface area contributed by atoms with Crippen molar-refractivity contribution in [2.45, 2.75) is 19.9 Å². The topological polar surface area (TPSA) is 62.8 Å². The standard InChI is InChI=1S/C8H13N3O2S/c1-8(2)4-13-3-5(8)11-6(12)9-10-7(11)14/h5H,3-4H2,1-2H3,(H,9,12)(H,10,14). The Labute approximate surface area is 86.1 Å². The summed E-state index contributed by atoms with van der Waals surface area (Å²) in [7, 11) is 0. The average molecular weight is 215 g/mol. The molecule has 0 saturated carbocycles. The van der Waals surface area contributed by atoms with Gasteiger partial charge in [-0.2, -0.15) is 0 Å².